The zero-order valence-electron chi connectivity index (χ0n) is 15.1. The number of piperidine rings is 1. The van der Waals surface area contributed by atoms with Crippen LogP contribution in [0.2, 0.25) is 0 Å². The Kier molecular flexibility index (Phi) is 6.43. The van der Waals surface area contributed by atoms with Crippen LogP contribution in [0.5, 0.6) is 0 Å². The fourth-order valence-corrected chi connectivity index (χ4v) is 4.02. The van der Waals surface area contributed by atoms with Gasteiger partial charge in [0.2, 0.25) is 5.91 Å². The summed E-state index contributed by atoms with van der Waals surface area (Å²) in [5.41, 5.74) is 0.631. The van der Waals surface area contributed by atoms with E-state index in [1.165, 1.54) is 6.07 Å². The fourth-order valence-electron chi connectivity index (χ4n) is 4.02. The van der Waals surface area contributed by atoms with E-state index in [1.807, 2.05) is 11.0 Å². The molecule has 1 atom stereocenters. The molecule has 0 N–H and O–H groups in total. The molecule has 138 valence electrons. The highest BCUT2D eigenvalue weighted by Gasteiger charge is 2.29. The number of aryl methyl sites for hydroxylation is 1. The lowest BCUT2D eigenvalue weighted by Gasteiger charge is -2.41. The predicted octanol–water partition coefficient (Wildman–Crippen LogP) is 2.72. The topological polar surface area (TPSA) is 32.8 Å². The number of hydrogen-bond donors (Lipinski definition) is 0. The Morgan fingerprint density at radius 1 is 1.20 bits per heavy atom. The molecule has 1 unspecified atom stereocenters. The number of rotatable bonds is 5. The lowest BCUT2D eigenvalue weighted by atomic mass is 9.89. The third kappa shape index (κ3) is 4.79. The van der Waals surface area contributed by atoms with Crippen molar-refractivity contribution in [2.75, 3.05) is 39.4 Å². The summed E-state index contributed by atoms with van der Waals surface area (Å²) < 4.78 is 19.1. The zero-order valence-corrected chi connectivity index (χ0v) is 15.1. The number of carbonyl (C=O) groups excluding carboxylic acids is 1. The highest BCUT2D eigenvalue weighted by atomic mass is 19.1. The van der Waals surface area contributed by atoms with E-state index in [-0.39, 0.29) is 11.7 Å². The highest BCUT2D eigenvalue weighted by Crippen LogP contribution is 2.25. The van der Waals surface area contributed by atoms with Gasteiger partial charge in [-0.05, 0) is 43.7 Å². The average molecular weight is 348 g/mol. The smallest absolute Gasteiger partial charge is 0.222 e. The van der Waals surface area contributed by atoms with Gasteiger partial charge in [0, 0.05) is 38.6 Å². The fraction of sp³-hybridized carbons (Fsp3) is 0.650. The molecule has 2 saturated heterocycles. The Hall–Kier alpha value is -1.46. The zero-order chi connectivity index (χ0) is 17.6. The maximum absolute atomic E-state index is 13.7. The Labute approximate surface area is 149 Å². The van der Waals surface area contributed by atoms with Gasteiger partial charge in [0.05, 0.1) is 13.2 Å². The van der Waals surface area contributed by atoms with Crippen molar-refractivity contribution < 1.29 is 13.9 Å². The molecule has 0 saturated carbocycles. The van der Waals surface area contributed by atoms with Crippen LogP contribution < -0.4 is 0 Å². The number of morpholine rings is 1. The monoisotopic (exact) mass is 348 g/mol. The number of hydrogen-bond acceptors (Lipinski definition) is 3. The van der Waals surface area contributed by atoms with Crippen LogP contribution in [0.4, 0.5) is 4.39 Å². The Morgan fingerprint density at radius 3 is 2.56 bits per heavy atom. The van der Waals surface area contributed by atoms with Gasteiger partial charge in [0.25, 0.3) is 0 Å². The quantitative estimate of drug-likeness (QED) is 0.820. The Bertz CT molecular complexity index is 567. The first-order valence-electron chi connectivity index (χ1n) is 9.48. The second kappa shape index (κ2) is 8.77. The van der Waals surface area contributed by atoms with E-state index >= 15 is 0 Å². The van der Waals surface area contributed by atoms with Crippen molar-refractivity contribution in [2.45, 2.75) is 38.6 Å². The number of ether oxygens (including phenoxy) is 1. The molecule has 2 fully saturated rings. The van der Waals surface area contributed by atoms with Crippen LogP contribution >= 0.6 is 0 Å². The van der Waals surface area contributed by atoms with Crippen molar-refractivity contribution in [3.8, 4) is 0 Å². The molecule has 2 heterocycles. The third-order valence-electron chi connectivity index (χ3n) is 5.76. The maximum Gasteiger partial charge on any atom is 0.222 e. The summed E-state index contributed by atoms with van der Waals surface area (Å²) in [6.07, 6.45) is 2.99. The number of likely N-dealkylation sites (tertiary alicyclic amines) is 1. The van der Waals surface area contributed by atoms with E-state index in [0.29, 0.717) is 30.4 Å². The summed E-state index contributed by atoms with van der Waals surface area (Å²) >= 11 is 0. The molecule has 0 radical (unpaired) electrons. The van der Waals surface area contributed by atoms with E-state index in [4.69, 9.17) is 4.74 Å². The molecule has 2 aliphatic rings. The molecular weight excluding hydrogens is 319 g/mol. The largest absolute Gasteiger partial charge is 0.379 e. The minimum Gasteiger partial charge on any atom is -0.379 e. The number of halogens is 1. The first-order chi connectivity index (χ1) is 12.1. The van der Waals surface area contributed by atoms with E-state index in [9.17, 15) is 9.18 Å². The van der Waals surface area contributed by atoms with Crippen molar-refractivity contribution in [1.29, 1.82) is 0 Å². The van der Waals surface area contributed by atoms with Gasteiger partial charge < -0.3 is 9.64 Å². The minimum atomic E-state index is -0.214. The van der Waals surface area contributed by atoms with Gasteiger partial charge in [-0.3, -0.25) is 9.69 Å². The normalized spacial score (nSPS) is 21.3. The third-order valence-corrected chi connectivity index (χ3v) is 5.76. The van der Waals surface area contributed by atoms with Gasteiger partial charge in [0.15, 0.2) is 0 Å². The molecule has 0 aromatic heterocycles. The van der Waals surface area contributed by atoms with Gasteiger partial charge in [0.1, 0.15) is 5.82 Å². The molecular formula is C20H29FN2O2. The summed E-state index contributed by atoms with van der Waals surface area (Å²) in [5.74, 6) is 0.586. The number of carbonyl (C=O) groups is 1. The maximum atomic E-state index is 13.7. The van der Waals surface area contributed by atoms with Crippen LogP contribution in [0.1, 0.15) is 31.7 Å². The summed E-state index contributed by atoms with van der Waals surface area (Å²) in [5, 5.41) is 0. The lowest BCUT2D eigenvalue weighted by molar-refractivity contribution is -0.133. The van der Waals surface area contributed by atoms with E-state index in [1.54, 1.807) is 12.1 Å². The van der Waals surface area contributed by atoms with Crippen molar-refractivity contribution in [1.82, 2.24) is 9.80 Å². The average Bonchev–Trinajstić information content (AvgIpc) is 2.67. The lowest BCUT2D eigenvalue weighted by Crippen LogP contribution is -2.49. The van der Waals surface area contributed by atoms with Gasteiger partial charge in [-0.1, -0.05) is 18.2 Å². The van der Waals surface area contributed by atoms with Crippen LogP contribution in [0.15, 0.2) is 24.3 Å². The standard InChI is InChI=1S/C20H29FN2O2/c1-16(22-12-14-25-15-13-22)17-8-10-23(11-9-17)20(24)7-6-18-4-2-3-5-19(18)21/h2-5,16-17H,6-15H2,1H3. The van der Waals surface area contributed by atoms with Crippen LogP contribution in [0, 0.1) is 11.7 Å². The first kappa shape index (κ1) is 18.3. The van der Waals surface area contributed by atoms with E-state index in [2.05, 4.69) is 11.8 Å². The van der Waals surface area contributed by atoms with Crippen molar-refractivity contribution in [2.24, 2.45) is 5.92 Å². The summed E-state index contributed by atoms with van der Waals surface area (Å²) in [7, 11) is 0. The molecule has 4 nitrogen and oxygen atoms in total. The first-order valence-corrected chi connectivity index (χ1v) is 9.48. The van der Waals surface area contributed by atoms with Crippen molar-refractivity contribution >= 4 is 5.91 Å². The summed E-state index contributed by atoms with van der Waals surface area (Å²) in [4.78, 5) is 16.9. The van der Waals surface area contributed by atoms with Gasteiger partial charge in [-0.25, -0.2) is 4.39 Å². The molecule has 3 rings (SSSR count). The second-order valence-corrected chi connectivity index (χ2v) is 7.20. The molecule has 1 aromatic carbocycles. The predicted molar refractivity (Wildman–Crippen MR) is 95.9 cm³/mol. The molecule has 1 amide bonds. The van der Waals surface area contributed by atoms with Crippen molar-refractivity contribution in [3.05, 3.63) is 35.6 Å². The van der Waals surface area contributed by atoms with Gasteiger partial charge in [-0.15, -0.1) is 0 Å². The molecule has 25 heavy (non-hydrogen) atoms. The second-order valence-electron chi connectivity index (χ2n) is 7.20. The molecule has 1 aromatic rings. The SMILES string of the molecule is CC(C1CCN(C(=O)CCc2ccccc2F)CC1)N1CCOCC1. The molecule has 0 bridgehead atoms. The van der Waals surface area contributed by atoms with Crippen LogP contribution in [0.3, 0.4) is 0 Å². The number of nitrogens with zero attached hydrogens (tertiary/aromatic N) is 2. The van der Waals surface area contributed by atoms with Gasteiger partial charge >= 0.3 is 0 Å². The van der Waals surface area contributed by atoms with Crippen LogP contribution in [0.25, 0.3) is 0 Å². The highest BCUT2D eigenvalue weighted by molar-refractivity contribution is 5.76. The van der Waals surface area contributed by atoms with E-state index < -0.39 is 0 Å². The number of amides is 1. The van der Waals surface area contributed by atoms with Gasteiger partial charge in [-0.2, -0.15) is 0 Å². The molecule has 0 aliphatic carbocycles. The Balaban J connectivity index is 1.43. The van der Waals surface area contributed by atoms with Crippen molar-refractivity contribution in [3.63, 3.8) is 0 Å². The molecule has 2 aliphatic heterocycles. The van der Waals surface area contributed by atoms with Crippen LogP contribution in [-0.2, 0) is 16.0 Å². The Morgan fingerprint density at radius 2 is 1.88 bits per heavy atom. The van der Waals surface area contributed by atoms with E-state index in [0.717, 1.165) is 52.2 Å². The molecule has 0 spiro atoms. The van der Waals surface area contributed by atoms with Crippen LogP contribution in [-0.4, -0.2) is 61.1 Å². The summed E-state index contributed by atoms with van der Waals surface area (Å²) in [6.45, 7) is 7.66. The minimum absolute atomic E-state index is 0.153. The molecule has 5 heteroatoms. The summed E-state index contributed by atoms with van der Waals surface area (Å²) in [6, 6.07) is 7.28. The number of benzene rings is 1.